The first-order valence-corrected chi connectivity index (χ1v) is 12.3. The van der Waals surface area contributed by atoms with E-state index in [9.17, 15) is 19.2 Å². The van der Waals surface area contributed by atoms with Crippen molar-refractivity contribution in [1.82, 2.24) is 4.57 Å². The van der Waals surface area contributed by atoms with Crippen molar-refractivity contribution in [2.45, 2.75) is 46.5 Å². The molecule has 1 aliphatic rings. The molecule has 0 bridgehead atoms. The fourth-order valence-corrected chi connectivity index (χ4v) is 5.89. The fourth-order valence-electron chi connectivity index (χ4n) is 4.40. The van der Waals surface area contributed by atoms with Crippen molar-refractivity contribution in [3.05, 3.63) is 74.7 Å². The number of thiophene rings is 1. The highest BCUT2D eigenvalue weighted by molar-refractivity contribution is 7.15. The van der Waals surface area contributed by atoms with E-state index in [-0.39, 0.29) is 11.5 Å². The van der Waals surface area contributed by atoms with E-state index >= 15 is 0 Å². The van der Waals surface area contributed by atoms with Gasteiger partial charge in [-0.25, -0.2) is 9.18 Å². The van der Waals surface area contributed by atoms with Gasteiger partial charge in [0.25, 0.3) is 5.91 Å². The number of rotatable bonds is 6. The molecule has 0 saturated heterocycles. The number of hydrogen-bond donors (Lipinski definition) is 1. The molecular formula is C27H26FN3O3S. The molecule has 1 aromatic carbocycles. The predicted octanol–water partition coefficient (Wildman–Crippen LogP) is 5.90. The molecule has 0 aliphatic heterocycles. The number of halogens is 1. The van der Waals surface area contributed by atoms with Gasteiger partial charge in [0.05, 0.1) is 12.2 Å². The van der Waals surface area contributed by atoms with E-state index < -0.39 is 11.7 Å². The number of carbonyl (C=O) groups is 2. The summed E-state index contributed by atoms with van der Waals surface area (Å²) in [5.41, 5.74) is 4.42. The number of carbonyl (C=O) groups excluding carboxylic acids is 2. The number of ether oxygens (including phenoxy) is 1. The highest BCUT2D eigenvalue weighted by Gasteiger charge is 2.28. The highest BCUT2D eigenvalue weighted by Crippen LogP contribution is 2.39. The standard InChI is InChI=1S/C27H26FN3O3S/c1-4-34-27(33)24-22-7-5-6-8-23(22)35-26(24)31-16(2)13-18(17(31)3)14-19(15-29)25(32)30-21-11-9-20(28)10-12-21/h9-14H,4-8H2,1-3H3,(H,30,32)/b19-14+. The molecule has 0 unspecified atom stereocenters. The van der Waals surface area contributed by atoms with Crippen molar-refractivity contribution in [2.24, 2.45) is 0 Å². The van der Waals surface area contributed by atoms with Gasteiger partial charge >= 0.3 is 5.97 Å². The number of esters is 1. The van der Waals surface area contributed by atoms with Gasteiger partial charge in [0.1, 0.15) is 22.5 Å². The lowest BCUT2D eigenvalue weighted by Gasteiger charge is -2.13. The van der Waals surface area contributed by atoms with Gasteiger partial charge in [0, 0.05) is 22.0 Å². The Hall–Kier alpha value is -3.70. The first kappa shape index (κ1) is 24.4. The minimum absolute atomic E-state index is 0.0781. The lowest BCUT2D eigenvalue weighted by atomic mass is 9.95. The van der Waals surface area contributed by atoms with Crippen molar-refractivity contribution >= 4 is 35.0 Å². The minimum Gasteiger partial charge on any atom is -0.462 e. The van der Waals surface area contributed by atoms with Crippen molar-refractivity contribution in [2.75, 3.05) is 11.9 Å². The molecule has 35 heavy (non-hydrogen) atoms. The number of nitrogens with zero attached hydrogens (tertiary/aromatic N) is 2. The van der Waals surface area contributed by atoms with Crippen molar-refractivity contribution in [1.29, 1.82) is 5.26 Å². The second-order valence-corrected chi connectivity index (χ2v) is 9.49. The summed E-state index contributed by atoms with van der Waals surface area (Å²) in [5.74, 6) is -1.31. The van der Waals surface area contributed by atoms with E-state index in [1.165, 1.54) is 35.2 Å². The molecule has 0 atom stereocenters. The molecule has 180 valence electrons. The van der Waals surface area contributed by atoms with Crippen LogP contribution in [0.25, 0.3) is 11.1 Å². The number of nitrogens with one attached hydrogen (secondary N) is 1. The number of aryl methyl sites for hydroxylation is 2. The highest BCUT2D eigenvalue weighted by atomic mass is 32.1. The molecule has 2 aromatic heterocycles. The third-order valence-corrected chi connectivity index (χ3v) is 7.35. The zero-order valence-electron chi connectivity index (χ0n) is 19.9. The van der Waals surface area contributed by atoms with Gasteiger partial charge in [-0.15, -0.1) is 11.3 Å². The second kappa shape index (κ2) is 10.3. The third kappa shape index (κ3) is 4.91. The molecule has 1 amide bonds. The van der Waals surface area contributed by atoms with Gasteiger partial charge in [0.15, 0.2) is 0 Å². The lowest BCUT2D eigenvalue weighted by Crippen LogP contribution is -2.13. The van der Waals surface area contributed by atoms with Crippen LogP contribution in [-0.2, 0) is 22.4 Å². The SMILES string of the molecule is CCOC(=O)c1c(-n2c(C)cc(/C=C(\C#N)C(=O)Nc3ccc(F)cc3)c2C)sc2c1CCCC2. The second-order valence-electron chi connectivity index (χ2n) is 8.40. The van der Waals surface area contributed by atoms with Crippen LogP contribution in [0, 0.1) is 31.0 Å². The molecule has 3 aromatic rings. The Kier molecular flexibility index (Phi) is 7.17. The number of aromatic nitrogens is 1. The smallest absolute Gasteiger partial charge is 0.341 e. The molecule has 2 heterocycles. The van der Waals surface area contributed by atoms with Crippen LogP contribution in [0.3, 0.4) is 0 Å². The number of nitriles is 1. The van der Waals surface area contributed by atoms with Gasteiger partial charge < -0.3 is 14.6 Å². The predicted molar refractivity (Wildman–Crippen MR) is 134 cm³/mol. The van der Waals surface area contributed by atoms with Gasteiger partial charge in [-0.1, -0.05) is 0 Å². The Bertz CT molecular complexity index is 1360. The molecule has 1 aliphatic carbocycles. The first-order valence-electron chi connectivity index (χ1n) is 11.5. The Labute approximate surface area is 207 Å². The molecule has 0 spiro atoms. The summed E-state index contributed by atoms with van der Waals surface area (Å²) in [6.45, 7) is 5.93. The van der Waals surface area contributed by atoms with Crippen LogP contribution in [0.5, 0.6) is 0 Å². The van der Waals surface area contributed by atoms with Crippen LogP contribution in [0.4, 0.5) is 10.1 Å². The van der Waals surface area contributed by atoms with Crippen LogP contribution >= 0.6 is 11.3 Å². The maximum Gasteiger partial charge on any atom is 0.341 e. The van der Waals surface area contributed by atoms with Crippen LogP contribution in [-0.4, -0.2) is 23.1 Å². The maximum atomic E-state index is 13.2. The van der Waals surface area contributed by atoms with Gasteiger partial charge in [-0.2, -0.15) is 5.26 Å². The Morgan fingerprint density at radius 2 is 1.94 bits per heavy atom. The summed E-state index contributed by atoms with van der Waals surface area (Å²) in [4.78, 5) is 26.9. The van der Waals surface area contributed by atoms with Crippen LogP contribution < -0.4 is 5.32 Å². The minimum atomic E-state index is -0.581. The molecule has 0 saturated carbocycles. The molecule has 0 fully saturated rings. The maximum absolute atomic E-state index is 13.2. The molecule has 8 heteroatoms. The summed E-state index contributed by atoms with van der Waals surface area (Å²) in [6, 6.07) is 9.19. The number of amides is 1. The molecule has 0 radical (unpaired) electrons. The third-order valence-electron chi connectivity index (χ3n) is 6.07. The number of anilines is 1. The van der Waals surface area contributed by atoms with Crippen LogP contribution in [0.2, 0.25) is 0 Å². The molecular weight excluding hydrogens is 465 g/mol. The van der Waals surface area contributed by atoms with Crippen molar-refractivity contribution in [3.8, 4) is 11.1 Å². The van der Waals surface area contributed by atoms with E-state index in [0.717, 1.165) is 47.6 Å². The Morgan fingerprint density at radius 1 is 1.23 bits per heavy atom. The monoisotopic (exact) mass is 491 g/mol. The number of fused-ring (bicyclic) bond motifs is 1. The van der Waals surface area contributed by atoms with E-state index in [2.05, 4.69) is 5.32 Å². The average molecular weight is 492 g/mol. The number of hydrogen-bond acceptors (Lipinski definition) is 5. The number of benzene rings is 1. The summed E-state index contributed by atoms with van der Waals surface area (Å²) in [5, 5.41) is 13.1. The fraction of sp³-hybridized carbons (Fsp3) is 0.296. The summed E-state index contributed by atoms with van der Waals surface area (Å²) < 4.78 is 20.6. The normalized spacial score (nSPS) is 13.2. The molecule has 1 N–H and O–H groups in total. The topological polar surface area (TPSA) is 84.1 Å². The Morgan fingerprint density at radius 3 is 2.63 bits per heavy atom. The van der Waals surface area contributed by atoms with E-state index in [0.29, 0.717) is 23.4 Å². The summed E-state index contributed by atoms with van der Waals surface area (Å²) in [7, 11) is 0. The van der Waals surface area contributed by atoms with Gasteiger partial charge in [-0.05, 0) is 94.0 Å². The van der Waals surface area contributed by atoms with E-state index in [4.69, 9.17) is 4.74 Å². The van der Waals surface area contributed by atoms with Crippen LogP contribution in [0.1, 0.15) is 57.5 Å². The van der Waals surface area contributed by atoms with Gasteiger partial charge in [0.2, 0.25) is 0 Å². The van der Waals surface area contributed by atoms with E-state index in [1.807, 2.05) is 30.6 Å². The van der Waals surface area contributed by atoms with Gasteiger partial charge in [-0.3, -0.25) is 4.79 Å². The zero-order valence-corrected chi connectivity index (χ0v) is 20.7. The summed E-state index contributed by atoms with van der Waals surface area (Å²) >= 11 is 1.61. The van der Waals surface area contributed by atoms with Crippen LogP contribution in [0.15, 0.2) is 35.9 Å². The Balaban J connectivity index is 1.73. The largest absolute Gasteiger partial charge is 0.462 e. The molecule has 4 rings (SSSR count). The average Bonchev–Trinajstić information content (AvgIpc) is 3.35. The quantitative estimate of drug-likeness (QED) is 0.264. The zero-order chi connectivity index (χ0) is 25.1. The molecule has 6 nitrogen and oxygen atoms in total. The lowest BCUT2D eigenvalue weighted by molar-refractivity contribution is -0.112. The van der Waals surface area contributed by atoms with E-state index in [1.54, 1.807) is 18.3 Å². The first-order chi connectivity index (χ1) is 16.8. The summed E-state index contributed by atoms with van der Waals surface area (Å²) in [6.07, 6.45) is 5.48. The van der Waals surface area contributed by atoms with Crippen molar-refractivity contribution in [3.63, 3.8) is 0 Å². The van der Waals surface area contributed by atoms with Crippen molar-refractivity contribution < 1.29 is 18.7 Å².